The first-order valence-electron chi connectivity index (χ1n) is 11.1. The molecule has 5 nitrogen and oxygen atoms in total. The van der Waals surface area contributed by atoms with Crippen LogP contribution < -0.4 is 4.74 Å². The number of benzene rings is 3. The predicted molar refractivity (Wildman–Crippen MR) is 126 cm³/mol. The van der Waals surface area contributed by atoms with E-state index in [0.717, 1.165) is 44.2 Å². The van der Waals surface area contributed by atoms with Gasteiger partial charge in [-0.2, -0.15) is 0 Å². The van der Waals surface area contributed by atoms with E-state index in [1.807, 2.05) is 54.6 Å². The quantitative estimate of drug-likeness (QED) is 0.510. The number of likely N-dealkylation sites (tertiary alicyclic amines) is 1. The summed E-state index contributed by atoms with van der Waals surface area (Å²) in [5, 5.41) is 9.04. The summed E-state index contributed by atoms with van der Waals surface area (Å²) in [5.41, 5.74) is 2.79. The summed E-state index contributed by atoms with van der Waals surface area (Å²) >= 11 is 0. The SMILES string of the molecule is CN(Cc1ccc(Oc2ccccc2)cc1)CC1CCN(Cc2ccc(C(=O)O)cc2)C1. The molecule has 1 aliphatic rings. The third kappa shape index (κ3) is 6.19. The van der Waals surface area contributed by atoms with Gasteiger partial charge in [0.15, 0.2) is 0 Å². The molecule has 5 heteroatoms. The van der Waals surface area contributed by atoms with Crippen molar-refractivity contribution in [1.82, 2.24) is 9.80 Å². The highest BCUT2D eigenvalue weighted by Gasteiger charge is 2.23. The van der Waals surface area contributed by atoms with E-state index in [-0.39, 0.29) is 0 Å². The summed E-state index contributed by atoms with van der Waals surface area (Å²) in [6.07, 6.45) is 1.20. The molecule has 4 rings (SSSR count). The monoisotopic (exact) mass is 430 g/mol. The topological polar surface area (TPSA) is 53.0 Å². The lowest BCUT2D eigenvalue weighted by atomic mass is 10.1. The molecule has 166 valence electrons. The molecule has 0 aromatic heterocycles. The lowest BCUT2D eigenvalue weighted by molar-refractivity contribution is 0.0697. The van der Waals surface area contributed by atoms with Gasteiger partial charge in [0.05, 0.1) is 5.56 Å². The molecule has 0 amide bonds. The number of para-hydroxylation sites is 1. The number of aromatic carboxylic acids is 1. The van der Waals surface area contributed by atoms with Gasteiger partial charge in [-0.3, -0.25) is 4.90 Å². The highest BCUT2D eigenvalue weighted by atomic mass is 16.5. The van der Waals surface area contributed by atoms with E-state index in [2.05, 4.69) is 29.0 Å². The van der Waals surface area contributed by atoms with E-state index in [0.29, 0.717) is 11.5 Å². The number of carboxylic acid groups (broad SMARTS) is 1. The summed E-state index contributed by atoms with van der Waals surface area (Å²) < 4.78 is 5.88. The number of hydrogen-bond donors (Lipinski definition) is 1. The molecule has 32 heavy (non-hydrogen) atoms. The Balaban J connectivity index is 1.22. The minimum absolute atomic E-state index is 0.342. The zero-order chi connectivity index (χ0) is 22.3. The van der Waals surface area contributed by atoms with Crippen LogP contribution in [0.3, 0.4) is 0 Å². The maximum atomic E-state index is 11.0. The van der Waals surface area contributed by atoms with Crippen LogP contribution in [-0.2, 0) is 13.1 Å². The fraction of sp³-hybridized carbons (Fsp3) is 0.296. The number of carboxylic acids is 1. The van der Waals surface area contributed by atoms with Crippen LogP contribution in [0.5, 0.6) is 11.5 Å². The third-order valence-corrected chi connectivity index (χ3v) is 5.90. The Morgan fingerprint density at radius 2 is 1.62 bits per heavy atom. The molecular formula is C27H30N2O3. The Labute approximate surface area is 189 Å². The fourth-order valence-corrected chi connectivity index (χ4v) is 4.32. The summed E-state index contributed by atoms with van der Waals surface area (Å²) in [7, 11) is 2.18. The summed E-state index contributed by atoms with van der Waals surface area (Å²) in [5.74, 6) is 1.48. The van der Waals surface area contributed by atoms with Crippen LogP contribution in [0.15, 0.2) is 78.9 Å². The Morgan fingerprint density at radius 3 is 2.31 bits per heavy atom. The largest absolute Gasteiger partial charge is 0.478 e. The van der Waals surface area contributed by atoms with E-state index in [9.17, 15) is 4.79 Å². The average Bonchev–Trinajstić information content (AvgIpc) is 3.22. The number of nitrogens with zero attached hydrogens (tertiary/aromatic N) is 2. The highest BCUT2D eigenvalue weighted by Crippen LogP contribution is 2.23. The molecule has 0 spiro atoms. The molecule has 1 N–H and O–H groups in total. The molecule has 3 aromatic rings. The molecule has 1 unspecified atom stereocenters. The van der Waals surface area contributed by atoms with Crippen LogP contribution in [0.2, 0.25) is 0 Å². The van der Waals surface area contributed by atoms with Gasteiger partial charge < -0.3 is 14.7 Å². The Bertz CT molecular complexity index is 1000. The van der Waals surface area contributed by atoms with Crippen LogP contribution in [0.4, 0.5) is 0 Å². The Kier molecular flexibility index (Phi) is 7.20. The van der Waals surface area contributed by atoms with E-state index in [1.54, 1.807) is 12.1 Å². The maximum Gasteiger partial charge on any atom is 0.335 e. The van der Waals surface area contributed by atoms with E-state index < -0.39 is 5.97 Å². The first-order valence-corrected chi connectivity index (χ1v) is 11.1. The second-order valence-corrected chi connectivity index (χ2v) is 8.65. The van der Waals surface area contributed by atoms with Crippen molar-refractivity contribution in [1.29, 1.82) is 0 Å². The van der Waals surface area contributed by atoms with Crippen molar-refractivity contribution in [3.8, 4) is 11.5 Å². The predicted octanol–water partition coefficient (Wildman–Crippen LogP) is 5.13. The Morgan fingerprint density at radius 1 is 0.969 bits per heavy atom. The minimum Gasteiger partial charge on any atom is -0.478 e. The van der Waals surface area contributed by atoms with Crippen LogP contribution in [0.25, 0.3) is 0 Å². The standard InChI is InChI=1S/C27H30N2O3/c1-28(17-21-9-13-26(14-10-21)32-25-5-3-2-4-6-25)18-23-15-16-29(20-23)19-22-7-11-24(12-8-22)27(30)31/h2-14,23H,15-20H2,1H3,(H,30,31). The van der Waals surface area contributed by atoms with Crippen molar-refractivity contribution in [3.63, 3.8) is 0 Å². The second kappa shape index (κ2) is 10.4. The molecule has 3 aromatic carbocycles. The van der Waals surface area contributed by atoms with Crippen LogP contribution >= 0.6 is 0 Å². The summed E-state index contributed by atoms with van der Waals surface area (Å²) in [4.78, 5) is 15.9. The van der Waals surface area contributed by atoms with Crippen molar-refractivity contribution >= 4 is 5.97 Å². The zero-order valence-corrected chi connectivity index (χ0v) is 18.5. The minimum atomic E-state index is -0.876. The molecule has 1 saturated heterocycles. The van der Waals surface area contributed by atoms with Crippen molar-refractivity contribution in [3.05, 3.63) is 95.6 Å². The van der Waals surface area contributed by atoms with Gasteiger partial charge in [-0.25, -0.2) is 4.79 Å². The van der Waals surface area contributed by atoms with Crippen molar-refractivity contribution in [2.45, 2.75) is 19.5 Å². The molecule has 0 saturated carbocycles. The molecule has 1 atom stereocenters. The molecule has 0 aliphatic carbocycles. The average molecular weight is 431 g/mol. The summed E-state index contributed by atoms with van der Waals surface area (Å²) in [6.45, 7) is 5.03. The summed E-state index contributed by atoms with van der Waals surface area (Å²) in [6, 6.07) is 25.4. The Hall–Kier alpha value is -3.15. The first-order chi connectivity index (χ1) is 15.5. The fourth-order valence-electron chi connectivity index (χ4n) is 4.32. The maximum absolute atomic E-state index is 11.0. The smallest absolute Gasteiger partial charge is 0.335 e. The van der Waals surface area contributed by atoms with Crippen molar-refractivity contribution in [2.75, 3.05) is 26.7 Å². The molecule has 1 aliphatic heterocycles. The van der Waals surface area contributed by atoms with E-state index in [4.69, 9.17) is 9.84 Å². The third-order valence-electron chi connectivity index (χ3n) is 5.90. The van der Waals surface area contributed by atoms with Crippen LogP contribution in [0, 0.1) is 5.92 Å². The van der Waals surface area contributed by atoms with Gasteiger partial charge in [0, 0.05) is 26.2 Å². The van der Waals surface area contributed by atoms with E-state index >= 15 is 0 Å². The van der Waals surface area contributed by atoms with Gasteiger partial charge in [-0.1, -0.05) is 42.5 Å². The normalized spacial score (nSPS) is 16.4. The lowest BCUT2D eigenvalue weighted by Crippen LogP contribution is -2.28. The number of ether oxygens (including phenoxy) is 1. The molecular weight excluding hydrogens is 400 g/mol. The van der Waals surface area contributed by atoms with Gasteiger partial charge in [0.2, 0.25) is 0 Å². The van der Waals surface area contributed by atoms with Gasteiger partial charge in [-0.05, 0) is 73.5 Å². The van der Waals surface area contributed by atoms with Gasteiger partial charge in [0.25, 0.3) is 0 Å². The van der Waals surface area contributed by atoms with Gasteiger partial charge in [0.1, 0.15) is 11.5 Å². The molecule has 0 radical (unpaired) electrons. The molecule has 1 heterocycles. The van der Waals surface area contributed by atoms with Crippen LogP contribution in [-0.4, -0.2) is 47.6 Å². The van der Waals surface area contributed by atoms with Crippen molar-refractivity contribution < 1.29 is 14.6 Å². The molecule has 0 bridgehead atoms. The van der Waals surface area contributed by atoms with Crippen molar-refractivity contribution in [2.24, 2.45) is 5.92 Å². The van der Waals surface area contributed by atoms with Gasteiger partial charge in [-0.15, -0.1) is 0 Å². The van der Waals surface area contributed by atoms with Crippen LogP contribution in [0.1, 0.15) is 27.9 Å². The number of carbonyl (C=O) groups is 1. The molecule has 1 fully saturated rings. The highest BCUT2D eigenvalue weighted by molar-refractivity contribution is 5.87. The lowest BCUT2D eigenvalue weighted by Gasteiger charge is -2.22. The number of rotatable bonds is 9. The second-order valence-electron chi connectivity index (χ2n) is 8.65. The first kappa shape index (κ1) is 22.1. The van der Waals surface area contributed by atoms with E-state index in [1.165, 1.54) is 17.5 Å². The van der Waals surface area contributed by atoms with Gasteiger partial charge >= 0.3 is 5.97 Å². The zero-order valence-electron chi connectivity index (χ0n) is 18.5. The number of hydrogen-bond acceptors (Lipinski definition) is 4.